The van der Waals surface area contributed by atoms with E-state index in [-0.39, 0.29) is 0 Å². The zero-order valence-corrected chi connectivity index (χ0v) is 14.6. The van der Waals surface area contributed by atoms with Crippen LogP contribution in [0.2, 0.25) is 5.02 Å². The average Bonchev–Trinajstić information content (AvgIpc) is 2.67. The third-order valence-electron chi connectivity index (χ3n) is 4.35. The molecule has 0 radical (unpaired) electrons. The molecule has 0 spiro atoms. The molecule has 4 rings (SSSR count). The molecule has 26 heavy (non-hydrogen) atoms. The van der Waals surface area contributed by atoms with Crippen LogP contribution in [0.5, 0.6) is 0 Å². The van der Waals surface area contributed by atoms with E-state index < -0.39 is 11.1 Å². The Morgan fingerprint density at radius 3 is 2.31 bits per heavy atom. The van der Waals surface area contributed by atoms with Crippen molar-refractivity contribution in [3.8, 4) is 5.69 Å². The maximum absolute atomic E-state index is 12.7. The van der Waals surface area contributed by atoms with E-state index in [0.29, 0.717) is 17.3 Å². The van der Waals surface area contributed by atoms with E-state index in [4.69, 9.17) is 11.6 Å². The monoisotopic (exact) mass is 362 g/mol. The van der Waals surface area contributed by atoms with Crippen molar-refractivity contribution in [3.63, 3.8) is 0 Å². The summed E-state index contributed by atoms with van der Waals surface area (Å²) in [6, 6.07) is 20.7. The van der Waals surface area contributed by atoms with Crippen molar-refractivity contribution in [2.45, 2.75) is 6.54 Å². The van der Waals surface area contributed by atoms with E-state index in [1.54, 1.807) is 24.5 Å². The van der Waals surface area contributed by atoms with Crippen molar-refractivity contribution in [2.75, 3.05) is 0 Å². The number of nitrogens with zero attached hydrogens (tertiary/aromatic N) is 2. The second kappa shape index (κ2) is 6.65. The third kappa shape index (κ3) is 2.95. The van der Waals surface area contributed by atoms with Crippen LogP contribution in [0, 0.1) is 0 Å². The summed E-state index contributed by atoms with van der Waals surface area (Å²) in [5.74, 6) is 0. The molecule has 0 saturated heterocycles. The Hall–Kier alpha value is -3.11. The smallest absolute Gasteiger partial charge is 0.305 e. The minimum Gasteiger partial charge on any atom is -0.305 e. The minimum absolute atomic E-state index is 0.321. The number of benzene rings is 3. The molecule has 0 bridgehead atoms. The van der Waals surface area contributed by atoms with Crippen LogP contribution in [0.3, 0.4) is 0 Å². The second-order valence-corrected chi connectivity index (χ2v) is 6.47. The van der Waals surface area contributed by atoms with Gasteiger partial charge < -0.3 is 4.57 Å². The lowest BCUT2D eigenvalue weighted by molar-refractivity contribution is 0.719. The van der Waals surface area contributed by atoms with Crippen molar-refractivity contribution in [1.82, 2.24) is 9.13 Å². The Morgan fingerprint density at radius 2 is 1.50 bits per heavy atom. The molecule has 0 aliphatic heterocycles. The molecular formula is C21H15ClN2O2. The van der Waals surface area contributed by atoms with Crippen molar-refractivity contribution < 1.29 is 0 Å². The largest absolute Gasteiger partial charge is 0.321 e. The van der Waals surface area contributed by atoms with Crippen LogP contribution in [0.4, 0.5) is 0 Å². The first-order valence-corrected chi connectivity index (χ1v) is 8.56. The zero-order valence-electron chi connectivity index (χ0n) is 13.8. The van der Waals surface area contributed by atoms with Gasteiger partial charge >= 0.3 is 11.1 Å². The first-order valence-electron chi connectivity index (χ1n) is 8.18. The van der Waals surface area contributed by atoms with E-state index in [0.717, 1.165) is 16.3 Å². The average molecular weight is 363 g/mol. The topological polar surface area (TPSA) is 44.0 Å². The molecular weight excluding hydrogens is 348 g/mol. The molecule has 5 heteroatoms. The van der Waals surface area contributed by atoms with Gasteiger partial charge in [-0.05, 0) is 29.1 Å². The van der Waals surface area contributed by atoms with Gasteiger partial charge in [-0.15, -0.1) is 0 Å². The van der Waals surface area contributed by atoms with Gasteiger partial charge in [-0.1, -0.05) is 60.1 Å². The summed E-state index contributed by atoms with van der Waals surface area (Å²) < 4.78 is 2.82. The van der Waals surface area contributed by atoms with Gasteiger partial charge in [0.2, 0.25) is 0 Å². The highest BCUT2D eigenvalue weighted by molar-refractivity contribution is 6.30. The molecule has 128 valence electrons. The number of hydrogen-bond donors (Lipinski definition) is 0. The van der Waals surface area contributed by atoms with Crippen LogP contribution >= 0.6 is 11.6 Å². The molecule has 4 nitrogen and oxygen atoms in total. The fraction of sp³-hybridized carbons (Fsp3) is 0.0476. The number of fused-ring (bicyclic) bond motifs is 1. The summed E-state index contributed by atoms with van der Waals surface area (Å²) in [5.41, 5.74) is 0.468. The van der Waals surface area contributed by atoms with E-state index in [9.17, 15) is 9.59 Å². The quantitative estimate of drug-likeness (QED) is 0.519. The van der Waals surface area contributed by atoms with Crippen molar-refractivity contribution >= 4 is 22.4 Å². The normalized spacial score (nSPS) is 11.0. The van der Waals surface area contributed by atoms with Crippen LogP contribution < -0.4 is 11.1 Å². The Balaban J connectivity index is 1.80. The lowest BCUT2D eigenvalue weighted by Gasteiger charge is -2.11. The van der Waals surface area contributed by atoms with Gasteiger partial charge in [0.15, 0.2) is 0 Å². The van der Waals surface area contributed by atoms with Crippen molar-refractivity contribution in [3.05, 3.63) is 110 Å². The Labute approximate surface area is 154 Å². The zero-order chi connectivity index (χ0) is 18.1. The van der Waals surface area contributed by atoms with Gasteiger partial charge in [-0.2, -0.15) is 0 Å². The highest BCUT2D eigenvalue weighted by Gasteiger charge is 2.09. The molecule has 4 aromatic rings. The second-order valence-electron chi connectivity index (χ2n) is 6.03. The molecule has 0 saturated carbocycles. The van der Waals surface area contributed by atoms with Gasteiger partial charge in [0.25, 0.3) is 0 Å². The molecule has 3 aromatic carbocycles. The van der Waals surface area contributed by atoms with Crippen LogP contribution in [0.25, 0.3) is 16.5 Å². The maximum atomic E-state index is 12.7. The van der Waals surface area contributed by atoms with Crippen LogP contribution in [0.15, 0.2) is 88.7 Å². The summed E-state index contributed by atoms with van der Waals surface area (Å²) in [7, 11) is 0. The SMILES string of the molecule is O=c1c(=O)n(-c2cccc3ccccc23)ccn1Cc1ccc(Cl)cc1. The molecule has 1 heterocycles. The van der Waals surface area contributed by atoms with Gasteiger partial charge in [0.05, 0.1) is 12.2 Å². The van der Waals surface area contributed by atoms with Crippen LogP contribution in [-0.4, -0.2) is 9.13 Å². The van der Waals surface area contributed by atoms with E-state index in [1.165, 1.54) is 9.13 Å². The first-order chi connectivity index (χ1) is 12.6. The van der Waals surface area contributed by atoms with E-state index in [2.05, 4.69) is 0 Å². The summed E-state index contributed by atoms with van der Waals surface area (Å²) >= 11 is 5.89. The molecule has 0 aliphatic rings. The van der Waals surface area contributed by atoms with E-state index in [1.807, 2.05) is 54.6 Å². The Kier molecular flexibility index (Phi) is 4.19. The van der Waals surface area contributed by atoms with E-state index >= 15 is 0 Å². The molecule has 0 fully saturated rings. The van der Waals surface area contributed by atoms with Crippen LogP contribution in [0.1, 0.15) is 5.56 Å². The molecule has 0 unspecified atom stereocenters. The summed E-state index contributed by atoms with van der Waals surface area (Å²) in [6.45, 7) is 0.321. The van der Waals surface area contributed by atoms with Gasteiger partial charge in [0, 0.05) is 22.8 Å². The molecule has 0 aliphatic carbocycles. The standard InChI is InChI=1S/C21H15ClN2O2/c22-17-10-8-15(9-11-17)14-23-12-13-24(21(26)20(23)25)19-7-3-5-16-4-1-2-6-18(16)19/h1-13H,14H2. The molecule has 1 aromatic heterocycles. The Morgan fingerprint density at radius 1 is 0.769 bits per heavy atom. The summed E-state index contributed by atoms with van der Waals surface area (Å²) in [6.07, 6.45) is 3.28. The number of rotatable bonds is 3. The van der Waals surface area contributed by atoms with Gasteiger partial charge in [-0.25, -0.2) is 0 Å². The highest BCUT2D eigenvalue weighted by Crippen LogP contribution is 2.20. The molecule has 0 atom stereocenters. The molecule has 0 amide bonds. The predicted octanol–water partition coefficient (Wildman–Crippen LogP) is 3.85. The number of hydrogen-bond acceptors (Lipinski definition) is 2. The number of halogens is 1. The lowest BCUT2D eigenvalue weighted by Crippen LogP contribution is -2.40. The first kappa shape index (κ1) is 16.4. The fourth-order valence-electron chi connectivity index (χ4n) is 3.03. The fourth-order valence-corrected chi connectivity index (χ4v) is 3.15. The van der Waals surface area contributed by atoms with Gasteiger partial charge in [0.1, 0.15) is 0 Å². The lowest BCUT2D eigenvalue weighted by atomic mass is 10.1. The molecule has 0 N–H and O–H groups in total. The minimum atomic E-state index is -0.571. The third-order valence-corrected chi connectivity index (χ3v) is 4.60. The summed E-state index contributed by atoms with van der Waals surface area (Å²) in [5, 5.41) is 2.57. The Bertz CT molecular complexity index is 1200. The van der Waals surface area contributed by atoms with Crippen molar-refractivity contribution in [2.24, 2.45) is 0 Å². The highest BCUT2D eigenvalue weighted by atomic mass is 35.5. The predicted molar refractivity (Wildman–Crippen MR) is 104 cm³/mol. The summed E-state index contributed by atoms with van der Waals surface area (Å²) in [4.78, 5) is 25.3. The maximum Gasteiger partial charge on any atom is 0.321 e. The van der Waals surface area contributed by atoms with Gasteiger partial charge in [-0.3, -0.25) is 14.2 Å². The number of aromatic nitrogens is 2. The van der Waals surface area contributed by atoms with Crippen LogP contribution in [-0.2, 0) is 6.54 Å². The van der Waals surface area contributed by atoms with Crippen molar-refractivity contribution in [1.29, 1.82) is 0 Å².